The second-order valence-electron chi connectivity index (χ2n) is 7.08. The van der Waals surface area contributed by atoms with Crippen molar-refractivity contribution >= 4 is 28.3 Å². The Morgan fingerprint density at radius 1 is 1.14 bits per heavy atom. The Hall–Kier alpha value is -3.42. The Kier molecular flexibility index (Phi) is 4.68. The van der Waals surface area contributed by atoms with E-state index in [1.807, 2.05) is 0 Å². The molecule has 1 heterocycles. The summed E-state index contributed by atoms with van der Waals surface area (Å²) in [7, 11) is 0. The molecule has 0 radical (unpaired) electrons. The van der Waals surface area contributed by atoms with Gasteiger partial charge in [-0.25, -0.2) is 4.98 Å². The Morgan fingerprint density at radius 2 is 1.86 bits per heavy atom. The standard InChI is InChI=1S/C20H20N4O4/c25-20(14-4-2-1-3-5-14)21-15-8-6-13(7-9-15)19-22-17-11-10-16(24(27)28)12-18(17)23(19)26/h6-12,14,26H,1-5H2,(H,21,25). The molecule has 2 aromatic carbocycles. The maximum atomic E-state index is 12.4. The fraction of sp³-hybridized carbons (Fsp3) is 0.300. The first-order valence-electron chi connectivity index (χ1n) is 9.30. The quantitative estimate of drug-likeness (QED) is 0.397. The van der Waals surface area contributed by atoms with E-state index in [1.165, 1.54) is 24.6 Å². The first-order chi connectivity index (χ1) is 13.5. The molecule has 0 saturated heterocycles. The lowest BCUT2D eigenvalue weighted by Gasteiger charge is -2.20. The van der Waals surface area contributed by atoms with E-state index in [9.17, 15) is 20.1 Å². The molecule has 8 nitrogen and oxygen atoms in total. The molecule has 0 bridgehead atoms. The average molecular weight is 380 g/mol. The van der Waals surface area contributed by atoms with Gasteiger partial charge < -0.3 is 10.5 Å². The molecule has 2 N–H and O–H groups in total. The summed E-state index contributed by atoms with van der Waals surface area (Å²) in [6.07, 6.45) is 5.27. The number of amides is 1. The molecular formula is C20H20N4O4. The van der Waals surface area contributed by atoms with Crippen molar-refractivity contribution in [3.63, 3.8) is 0 Å². The lowest BCUT2D eigenvalue weighted by atomic mass is 9.88. The summed E-state index contributed by atoms with van der Waals surface area (Å²) < 4.78 is 0.845. The van der Waals surface area contributed by atoms with Gasteiger partial charge in [-0.1, -0.05) is 19.3 Å². The van der Waals surface area contributed by atoms with Crippen LogP contribution in [0.1, 0.15) is 32.1 Å². The van der Waals surface area contributed by atoms with E-state index in [1.54, 1.807) is 24.3 Å². The first-order valence-corrected chi connectivity index (χ1v) is 9.30. The van der Waals surface area contributed by atoms with Crippen LogP contribution >= 0.6 is 0 Å². The smallest absolute Gasteiger partial charge is 0.271 e. The summed E-state index contributed by atoms with van der Waals surface area (Å²) in [5.74, 6) is 0.403. The lowest BCUT2D eigenvalue weighted by Crippen LogP contribution is -2.24. The largest absolute Gasteiger partial charge is 0.426 e. The van der Waals surface area contributed by atoms with Crippen molar-refractivity contribution in [1.82, 2.24) is 9.71 Å². The number of fused-ring (bicyclic) bond motifs is 1. The van der Waals surface area contributed by atoms with E-state index in [0.29, 0.717) is 16.8 Å². The van der Waals surface area contributed by atoms with E-state index in [0.717, 1.165) is 30.4 Å². The van der Waals surface area contributed by atoms with Gasteiger partial charge in [-0.3, -0.25) is 14.9 Å². The second-order valence-corrected chi connectivity index (χ2v) is 7.08. The molecule has 1 amide bonds. The molecule has 1 aromatic heterocycles. The summed E-state index contributed by atoms with van der Waals surface area (Å²) in [6.45, 7) is 0. The second kappa shape index (κ2) is 7.30. The molecule has 3 aromatic rings. The van der Waals surface area contributed by atoms with Crippen molar-refractivity contribution in [3.05, 3.63) is 52.6 Å². The van der Waals surface area contributed by atoms with Crippen molar-refractivity contribution in [2.24, 2.45) is 5.92 Å². The number of rotatable bonds is 4. The number of nitrogens with zero attached hydrogens (tertiary/aromatic N) is 3. The van der Waals surface area contributed by atoms with Crippen molar-refractivity contribution in [2.45, 2.75) is 32.1 Å². The zero-order valence-electron chi connectivity index (χ0n) is 15.2. The molecule has 1 fully saturated rings. The van der Waals surface area contributed by atoms with Gasteiger partial charge in [0.15, 0.2) is 5.82 Å². The fourth-order valence-corrected chi connectivity index (χ4v) is 3.66. The van der Waals surface area contributed by atoms with Gasteiger partial charge in [0.2, 0.25) is 5.91 Å². The Labute approximate surface area is 160 Å². The van der Waals surface area contributed by atoms with Crippen LogP contribution in [0.15, 0.2) is 42.5 Å². The summed E-state index contributed by atoms with van der Waals surface area (Å²) in [5, 5.41) is 24.3. The molecule has 0 unspecified atom stereocenters. The number of anilines is 1. The molecule has 28 heavy (non-hydrogen) atoms. The van der Waals surface area contributed by atoms with Crippen molar-refractivity contribution < 1.29 is 14.9 Å². The van der Waals surface area contributed by atoms with Crippen LogP contribution in [0.5, 0.6) is 0 Å². The van der Waals surface area contributed by atoms with Gasteiger partial charge in [0.05, 0.1) is 10.4 Å². The van der Waals surface area contributed by atoms with Gasteiger partial charge in [0, 0.05) is 29.3 Å². The van der Waals surface area contributed by atoms with Crippen LogP contribution in [-0.2, 0) is 4.79 Å². The lowest BCUT2D eigenvalue weighted by molar-refractivity contribution is -0.384. The van der Waals surface area contributed by atoms with Gasteiger partial charge in [-0.15, -0.1) is 0 Å². The van der Waals surface area contributed by atoms with E-state index in [2.05, 4.69) is 10.3 Å². The minimum absolute atomic E-state index is 0.0501. The van der Waals surface area contributed by atoms with Crippen LogP contribution in [0.3, 0.4) is 0 Å². The molecule has 8 heteroatoms. The molecular weight excluding hydrogens is 360 g/mol. The molecule has 0 atom stereocenters. The van der Waals surface area contributed by atoms with E-state index >= 15 is 0 Å². The number of carbonyl (C=O) groups excluding carboxylic acids is 1. The summed E-state index contributed by atoms with van der Waals surface area (Å²) in [4.78, 5) is 27.1. The number of carbonyl (C=O) groups is 1. The van der Waals surface area contributed by atoms with Gasteiger partial charge in [-0.05, 0) is 43.2 Å². The molecule has 1 saturated carbocycles. The molecule has 144 valence electrons. The molecule has 0 spiro atoms. The highest BCUT2D eigenvalue weighted by Crippen LogP contribution is 2.28. The van der Waals surface area contributed by atoms with Crippen LogP contribution in [0.25, 0.3) is 22.4 Å². The highest BCUT2D eigenvalue weighted by atomic mass is 16.6. The summed E-state index contributed by atoms with van der Waals surface area (Å²) in [6, 6.07) is 11.2. The van der Waals surface area contributed by atoms with Gasteiger partial charge >= 0.3 is 0 Å². The normalized spacial score (nSPS) is 14.9. The zero-order valence-corrected chi connectivity index (χ0v) is 15.2. The van der Waals surface area contributed by atoms with E-state index in [-0.39, 0.29) is 28.9 Å². The monoisotopic (exact) mass is 380 g/mol. The zero-order chi connectivity index (χ0) is 19.7. The minimum Gasteiger partial charge on any atom is -0.426 e. The third-order valence-corrected chi connectivity index (χ3v) is 5.21. The molecule has 1 aliphatic carbocycles. The number of benzene rings is 2. The maximum absolute atomic E-state index is 12.4. The van der Waals surface area contributed by atoms with Gasteiger partial charge in [0.25, 0.3) is 5.69 Å². The maximum Gasteiger partial charge on any atom is 0.271 e. The van der Waals surface area contributed by atoms with Crippen LogP contribution < -0.4 is 5.32 Å². The number of nitro groups is 1. The van der Waals surface area contributed by atoms with Gasteiger partial charge in [-0.2, -0.15) is 4.73 Å². The predicted octanol–water partition coefficient (Wildman–Crippen LogP) is 4.37. The molecule has 0 aliphatic heterocycles. The highest BCUT2D eigenvalue weighted by Gasteiger charge is 2.21. The Balaban J connectivity index is 1.56. The number of nitrogens with one attached hydrogen (secondary N) is 1. The number of nitro benzene ring substituents is 1. The number of imidazole rings is 1. The van der Waals surface area contributed by atoms with Crippen LogP contribution in [0.4, 0.5) is 11.4 Å². The number of hydrogen-bond acceptors (Lipinski definition) is 5. The first kappa shape index (κ1) is 18.0. The topological polar surface area (TPSA) is 110 Å². The van der Waals surface area contributed by atoms with E-state index in [4.69, 9.17) is 0 Å². The van der Waals surface area contributed by atoms with Crippen molar-refractivity contribution in [2.75, 3.05) is 5.32 Å². The average Bonchev–Trinajstić information content (AvgIpc) is 3.05. The fourth-order valence-electron chi connectivity index (χ4n) is 3.66. The van der Waals surface area contributed by atoms with Crippen molar-refractivity contribution in [3.8, 4) is 11.4 Å². The van der Waals surface area contributed by atoms with Crippen molar-refractivity contribution in [1.29, 1.82) is 0 Å². The molecule has 1 aliphatic rings. The summed E-state index contributed by atoms with van der Waals surface area (Å²) in [5.41, 5.74) is 1.93. The SMILES string of the molecule is O=C(Nc1ccc(-c2nc3ccc([N+](=O)[O-])cc3n2O)cc1)C1CCCCC1. The predicted molar refractivity (Wildman–Crippen MR) is 104 cm³/mol. The van der Waals surface area contributed by atoms with Crippen LogP contribution in [0, 0.1) is 16.0 Å². The third-order valence-electron chi connectivity index (χ3n) is 5.21. The number of hydrogen-bond donors (Lipinski definition) is 2. The Morgan fingerprint density at radius 3 is 2.54 bits per heavy atom. The van der Waals surface area contributed by atoms with E-state index < -0.39 is 4.92 Å². The number of aromatic nitrogens is 2. The minimum atomic E-state index is -0.518. The van der Waals surface area contributed by atoms with Crippen LogP contribution in [-0.4, -0.2) is 25.8 Å². The number of non-ortho nitro benzene ring substituents is 1. The van der Waals surface area contributed by atoms with Gasteiger partial charge in [0.1, 0.15) is 5.52 Å². The summed E-state index contributed by atoms with van der Waals surface area (Å²) >= 11 is 0. The van der Waals surface area contributed by atoms with Crippen LogP contribution in [0.2, 0.25) is 0 Å². The highest BCUT2D eigenvalue weighted by molar-refractivity contribution is 5.93. The molecule has 4 rings (SSSR count). The third kappa shape index (κ3) is 3.40. The Bertz CT molecular complexity index is 1040.